The van der Waals surface area contributed by atoms with Crippen LogP contribution in [-0.2, 0) is 4.79 Å². The van der Waals surface area contributed by atoms with Crippen LogP contribution < -0.4 is 10.9 Å². The predicted molar refractivity (Wildman–Crippen MR) is 119 cm³/mol. The van der Waals surface area contributed by atoms with E-state index in [1.165, 1.54) is 38.5 Å². The lowest BCUT2D eigenvalue weighted by Gasteiger charge is -2.56. The van der Waals surface area contributed by atoms with Gasteiger partial charge in [0, 0.05) is 23.4 Å². The molecule has 0 aliphatic heterocycles. The molecule has 1 heterocycles. The number of pyridine rings is 1. The van der Waals surface area contributed by atoms with E-state index in [0.29, 0.717) is 11.8 Å². The van der Waals surface area contributed by atoms with E-state index in [2.05, 4.69) is 5.32 Å². The van der Waals surface area contributed by atoms with Crippen LogP contribution in [0, 0.1) is 30.1 Å². The topological polar surface area (TPSA) is 71.3 Å². The summed E-state index contributed by atoms with van der Waals surface area (Å²) in [6.07, 6.45) is 10.1. The first kappa shape index (κ1) is 19.8. The van der Waals surface area contributed by atoms with Crippen molar-refractivity contribution >= 4 is 22.4 Å². The molecule has 1 aromatic carbocycles. The molecule has 160 valence electrons. The summed E-state index contributed by atoms with van der Waals surface area (Å²) < 4.78 is 1.55. The summed E-state index contributed by atoms with van der Waals surface area (Å²) >= 11 is 0. The molecule has 4 aliphatic rings. The fourth-order valence-electron chi connectivity index (χ4n) is 7.08. The Morgan fingerprint density at radius 1 is 1.13 bits per heavy atom. The van der Waals surface area contributed by atoms with Gasteiger partial charge in [0.05, 0.1) is 18.3 Å². The highest BCUT2D eigenvalue weighted by Crippen LogP contribution is 2.61. The van der Waals surface area contributed by atoms with E-state index in [1.807, 2.05) is 32.0 Å². The number of nitrogens with zero attached hydrogens (tertiary/aromatic N) is 1. The Bertz CT molecular complexity index is 1020. The number of anilines is 1. The SMILES string of the molecule is Cc1ccc2c(=O)n(C(C)CO)ccc2c1NC(=O)CC12CC3CC(CC(C3)C1)C2. The normalized spacial score (nSPS) is 30.6. The van der Waals surface area contributed by atoms with Crippen molar-refractivity contribution in [3.8, 4) is 0 Å². The lowest BCUT2D eigenvalue weighted by Crippen LogP contribution is -2.47. The van der Waals surface area contributed by atoms with Gasteiger partial charge in [-0.1, -0.05) is 6.07 Å². The van der Waals surface area contributed by atoms with Gasteiger partial charge in [-0.25, -0.2) is 0 Å². The number of aliphatic hydroxyl groups is 1. The molecule has 0 saturated heterocycles. The van der Waals surface area contributed by atoms with Crippen molar-refractivity contribution in [2.45, 2.75) is 64.8 Å². The number of nitrogens with one attached hydrogen (secondary N) is 1. The minimum Gasteiger partial charge on any atom is -0.394 e. The quantitative estimate of drug-likeness (QED) is 0.770. The average molecular weight is 409 g/mol. The third-order valence-electron chi connectivity index (χ3n) is 8.02. The lowest BCUT2D eigenvalue weighted by molar-refractivity contribution is -0.124. The molecule has 4 fully saturated rings. The number of aliphatic hydroxyl groups excluding tert-OH is 1. The van der Waals surface area contributed by atoms with Crippen molar-refractivity contribution in [2.75, 3.05) is 11.9 Å². The Balaban J connectivity index is 1.42. The summed E-state index contributed by atoms with van der Waals surface area (Å²) in [5.74, 6) is 2.57. The van der Waals surface area contributed by atoms with Crippen molar-refractivity contribution in [3.05, 3.63) is 40.3 Å². The van der Waals surface area contributed by atoms with E-state index < -0.39 is 0 Å². The van der Waals surface area contributed by atoms with Crippen LogP contribution >= 0.6 is 0 Å². The minimum atomic E-state index is -0.280. The Kier molecular flexibility index (Phi) is 4.77. The highest BCUT2D eigenvalue weighted by Gasteiger charge is 2.51. The van der Waals surface area contributed by atoms with Gasteiger partial charge in [0.25, 0.3) is 5.56 Å². The summed E-state index contributed by atoms with van der Waals surface area (Å²) in [5, 5.41) is 14.0. The molecule has 0 spiro atoms. The van der Waals surface area contributed by atoms with E-state index in [0.717, 1.165) is 34.4 Å². The number of hydrogen-bond donors (Lipinski definition) is 2. The zero-order valence-corrected chi connectivity index (χ0v) is 18.0. The third-order valence-corrected chi connectivity index (χ3v) is 8.02. The molecule has 6 rings (SSSR count). The first-order chi connectivity index (χ1) is 14.4. The van der Waals surface area contributed by atoms with E-state index in [-0.39, 0.29) is 29.5 Å². The van der Waals surface area contributed by atoms with Gasteiger partial charge in [-0.15, -0.1) is 0 Å². The summed E-state index contributed by atoms with van der Waals surface area (Å²) in [7, 11) is 0. The minimum absolute atomic E-state index is 0.0838. The van der Waals surface area contributed by atoms with Crippen LogP contribution in [0.4, 0.5) is 5.69 Å². The smallest absolute Gasteiger partial charge is 0.258 e. The highest BCUT2D eigenvalue weighted by atomic mass is 16.3. The second-order valence-electron chi connectivity index (χ2n) is 10.4. The number of hydrogen-bond acceptors (Lipinski definition) is 3. The third kappa shape index (κ3) is 3.27. The number of carbonyl (C=O) groups excluding carboxylic acids is 1. The van der Waals surface area contributed by atoms with Crippen LogP contribution in [0.5, 0.6) is 0 Å². The molecule has 4 aliphatic carbocycles. The second kappa shape index (κ2) is 7.23. The van der Waals surface area contributed by atoms with Crippen molar-refractivity contribution < 1.29 is 9.90 Å². The second-order valence-corrected chi connectivity index (χ2v) is 10.4. The van der Waals surface area contributed by atoms with Crippen molar-refractivity contribution in [2.24, 2.45) is 23.2 Å². The number of aromatic nitrogens is 1. The molecule has 1 amide bonds. The molecule has 4 saturated carbocycles. The summed E-state index contributed by atoms with van der Waals surface area (Å²) in [6.45, 7) is 3.70. The van der Waals surface area contributed by atoms with Crippen LogP contribution in [0.15, 0.2) is 29.2 Å². The van der Waals surface area contributed by atoms with Gasteiger partial charge >= 0.3 is 0 Å². The summed E-state index contributed by atoms with van der Waals surface area (Å²) in [5.41, 5.74) is 1.78. The first-order valence-electron chi connectivity index (χ1n) is 11.4. The van der Waals surface area contributed by atoms with Crippen molar-refractivity contribution in [3.63, 3.8) is 0 Å². The molecule has 2 N–H and O–H groups in total. The molecule has 0 radical (unpaired) electrons. The molecular formula is C25H32N2O3. The number of rotatable bonds is 5. The molecular weight excluding hydrogens is 376 g/mol. The van der Waals surface area contributed by atoms with Crippen molar-refractivity contribution in [1.29, 1.82) is 0 Å². The molecule has 5 heteroatoms. The molecule has 1 atom stereocenters. The maximum absolute atomic E-state index is 13.2. The number of aryl methyl sites for hydroxylation is 1. The van der Waals surface area contributed by atoms with E-state index >= 15 is 0 Å². The lowest BCUT2D eigenvalue weighted by atomic mass is 9.49. The Morgan fingerprint density at radius 2 is 1.77 bits per heavy atom. The molecule has 30 heavy (non-hydrogen) atoms. The van der Waals surface area contributed by atoms with Gasteiger partial charge in [0.2, 0.25) is 5.91 Å². The van der Waals surface area contributed by atoms with Gasteiger partial charge in [-0.3, -0.25) is 9.59 Å². The van der Waals surface area contributed by atoms with Crippen LogP contribution in [0.25, 0.3) is 10.8 Å². The Morgan fingerprint density at radius 3 is 2.37 bits per heavy atom. The van der Waals surface area contributed by atoms with Crippen LogP contribution in [0.2, 0.25) is 0 Å². The standard InChI is InChI=1S/C25H32N2O3/c1-15-3-4-21-20(5-6-27(24(21)30)16(2)14-28)23(15)26-22(29)13-25-10-17-7-18(11-25)9-19(8-17)12-25/h3-6,16-19,28H,7-14H2,1-2H3,(H,26,29). The number of amides is 1. The summed E-state index contributed by atoms with van der Waals surface area (Å²) in [6, 6.07) is 5.33. The van der Waals surface area contributed by atoms with Gasteiger partial charge in [-0.05, 0) is 93.2 Å². The average Bonchev–Trinajstić information content (AvgIpc) is 2.68. The van der Waals surface area contributed by atoms with Gasteiger partial charge in [0.1, 0.15) is 0 Å². The fourth-order valence-corrected chi connectivity index (χ4v) is 7.08. The van der Waals surface area contributed by atoms with Gasteiger partial charge in [0.15, 0.2) is 0 Å². The predicted octanol–water partition coefficient (Wildman–Crippen LogP) is 4.41. The number of fused-ring (bicyclic) bond motifs is 1. The molecule has 2 aromatic rings. The molecule has 1 aromatic heterocycles. The zero-order chi connectivity index (χ0) is 21.0. The first-order valence-corrected chi connectivity index (χ1v) is 11.4. The Labute approximate surface area is 177 Å². The van der Waals surface area contributed by atoms with Gasteiger partial charge in [-0.2, -0.15) is 0 Å². The maximum Gasteiger partial charge on any atom is 0.258 e. The van der Waals surface area contributed by atoms with Crippen LogP contribution in [0.1, 0.15) is 63.5 Å². The van der Waals surface area contributed by atoms with Crippen molar-refractivity contribution in [1.82, 2.24) is 4.57 Å². The maximum atomic E-state index is 13.2. The largest absolute Gasteiger partial charge is 0.394 e. The molecule has 4 bridgehead atoms. The Hall–Kier alpha value is -2.14. The van der Waals surface area contributed by atoms with E-state index in [4.69, 9.17) is 0 Å². The molecule has 1 unspecified atom stereocenters. The van der Waals surface area contributed by atoms with E-state index in [9.17, 15) is 14.7 Å². The summed E-state index contributed by atoms with van der Waals surface area (Å²) in [4.78, 5) is 26.1. The number of carbonyl (C=O) groups is 1. The molecule has 5 nitrogen and oxygen atoms in total. The van der Waals surface area contributed by atoms with Crippen LogP contribution in [-0.4, -0.2) is 22.2 Å². The monoisotopic (exact) mass is 408 g/mol. The fraction of sp³-hybridized carbons (Fsp3) is 0.600. The van der Waals surface area contributed by atoms with Gasteiger partial charge < -0.3 is 15.0 Å². The number of benzene rings is 1. The highest BCUT2D eigenvalue weighted by molar-refractivity contribution is 6.03. The van der Waals surface area contributed by atoms with E-state index in [1.54, 1.807) is 10.8 Å². The van der Waals surface area contributed by atoms with Crippen LogP contribution in [0.3, 0.4) is 0 Å². The zero-order valence-electron chi connectivity index (χ0n) is 18.0.